The summed E-state index contributed by atoms with van der Waals surface area (Å²) in [7, 11) is 0. The van der Waals surface area contributed by atoms with Crippen molar-refractivity contribution < 1.29 is 0 Å². The number of hydrogen-bond acceptors (Lipinski definition) is 2. The normalized spacial score (nSPS) is 10.8. The maximum Gasteiger partial charge on any atom is 0.189 e. The third-order valence-electron chi connectivity index (χ3n) is 11.4. The molecule has 2 heterocycles. The fraction of sp³-hybridized carbons (Fsp3) is 0. The zero-order valence-corrected chi connectivity index (χ0v) is 32.6. The van der Waals surface area contributed by atoms with Gasteiger partial charge in [0.15, 0.2) is 22.7 Å². The van der Waals surface area contributed by atoms with Gasteiger partial charge < -0.3 is 9.13 Å². The lowest BCUT2D eigenvalue weighted by atomic mass is 9.97. The van der Waals surface area contributed by atoms with Gasteiger partial charge in [0.1, 0.15) is 11.6 Å². The first-order chi connectivity index (χ1) is 30.4. The minimum absolute atomic E-state index is 0.389. The topological polar surface area (TPSA) is 74.9 Å². The van der Waals surface area contributed by atoms with E-state index in [0.29, 0.717) is 45.3 Å². The largest absolute Gasteiger partial charge is 0.308 e. The van der Waals surface area contributed by atoms with Crippen molar-refractivity contribution in [3.8, 4) is 56.9 Å². The van der Waals surface area contributed by atoms with Crippen LogP contribution in [0.5, 0.6) is 0 Å². The molecule has 0 amide bonds. The highest BCUT2D eigenvalue weighted by atomic mass is 15.0. The van der Waals surface area contributed by atoms with E-state index in [-0.39, 0.29) is 0 Å². The SMILES string of the molecule is [C-]#[N+]c1cc(C#N)cc(-c2ccc3c(c2)c2ccccc2n3-c2ccc(-c3cccc([N+]#[C-])c3)c(-n3c4ccccc4c4cc(-c5cc([N+]#[C-])cc([N+]#[C-])c5)ccc43)c2C#N)c1. The molecule has 0 aliphatic rings. The molecule has 8 heteroatoms. The molecule has 62 heavy (non-hydrogen) atoms. The summed E-state index contributed by atoms with van der Waals surface area (Å²) in [6.07, 6.45) is 0. The summed E-state index contributed by atoms with van der Waals surface area (Å²) < 4.78 is 4.26. The molecular formula is C54H26N8. The second-order valence-electron chi connectivity index (χ2n) is 14.8. The zero-order chi connectivity index (χ0) is 42.5. The van der Waals surface area contributed by atoms with E-state index in [0.717, 1.165) is 77.0 Å². The van der Waals surface area contributed by atoms with Gasteiger partial charge in [-0.1, -0.05) is 91.0 Å². The van der Waals surface area contributed by atoms with Crippen LogP contribution in [0.1, 0.15) is 11.1 Å². The molecule has 0 bridgehead atoms. The number of fused-ring (bicyclic) bond motifs is 6. The molecule has 10 aromatic rings. The van der Waals surface area contributed by atoms with Gasteiger partial charge >= 0.3 is 0 Å². The van der Waals surface area contributed by atoms with Gasteiger partial charge in [-0.3, -0.25) is 0 Å². The van der Waals surface area contributed by atoms with E-state index in [1.54, 1.807) is 42.5 Å². The molecule has 8 aromatic carbocycles. The molecule has 0 radical (unpaired) electrons. The van der Waals surface area contributed by atoms with Gasteiger partial charge in [0.05, 0.1) is 65.8 Å². The Morgan fingerprint density at radius 3 is 1.52 bits per heavy atom. The monoisotopic (exact) mass is 786 g/mol. The van der Waals surface area contributed by atoms with Gasteiger partial charge in [-0.25, -0.2) is 19.4 Å². The van der Waals surface area contributed by atoms with Crippen LogP contribution in [-0.2, 0) is 0 Å². The fourth-order valence-corrected chi connectivity index (χ4v) is 8.69. The summed E-state index contributed by atoms with van der Waals surface area (Å²) in [6, 6.07) is 55.0. The van der Waals surface area contributed by atoms with E-state index in [2.05, 4.69) is 64.9 Å². The molecule has 2 aromatic heterocycles. The minimum atomic E-state index is 0.389. The molecule has 0 unspecified atom stereocenters. The summed E-state index contributed by atoms with van der Waals surface area (Å²) in [5.41, 5.74) is 12.1. The molecule has 8 nitrogen and oxygen atoms in total. The van der Waals surface area contributed by atoms with Gasteiger partial charge in [-0.2, -0.15) is 10.5 Å². The van der Waals surface area contributed by atoms with E-state index in [4.69, 9.17) is 26.3 Å². The predicted octanol–water partition coefficient (Wildman–Crippen LogP) is 14.8. The lowest BCUT2D eigenvalue weighted by molar-refractivity contribution is 1.12. The van der Waals surface area contributed by atoms with Crippen LogP contribution >= 0.6 is 0 Å². The Morgan fingerprint density at radius 1 is 0.387 bits per heavy atom. The summed E-state index contributed by atoms with van der Waals surface area (Å²) in [6.45, 7) is 30.8. The van der Waals surface area contributed by atoms with Crippen molar-refractivity contribution in [1.82, 2.24) is 9.13 Å². The van der Waals surface area contributed by atoms with Gasteiger partial charge in [0.2, 0.25) is 0 Å². The van der Waals surface area contributed by atoms with Crippen LogP contribution in [0.25, 0.3) is 108 Å². The van der Waals surface area contributed by atoms with Crippen molar-refractivity contribution in [1.29, 1.82) is 10.5 Å². The average molecular weight is 787 g/mol. The molecule has 0 aliphatic carbocycles. The summed E-state index contributed by atoms with van der Waals surface area (Å²) in [4.78, 5) is 14.6. The highest BCUT2D eigenvalue weighted by molar-refractivity contribution is 6.13. The molecule has 0 atom stereocenters. The molecule has 10 rings (SSSR count). The number of nitriles is 2. The molecule has 282 valence electrons. The molecule has 0 N–H and O–H groups in total. The standard InChI is InChI=1S/C54H26N8/c1-57-39-11-9-10-36(24-39)43-18-21-53(61-49-14-7-5-12-44(49)46-28-34(16-19-51(46)61)37-22-33(31-55)23-40(25-37)58-2)48(32-56)54(43)62-50-15-8-6-13-45(50)47-29-35(17-20-52(47)62)38-26-41(59-3)30-42(27-38)60-4/h5-30H. The molecular weight excluding hydrogens is 761 g/mol. The van der Waals surface area contributed by atoms with Gasteiger partial charge in [-0.15, -0.1) is 0 Å². The van der Waals surface area contributed by atoms with Crippen molar-refractivity contribution in [2.75, 3.05) is 0 Å². The Kier molecular flexibility index (Phi) is 8.62. The van der Waals surface area contributed by atoms with Crippen LogP contribution in [-0.4, -0.2) is 9.13 Å². The third-order valence-corrected chi connectivity index (χ3v) is 11.4. The van der Waals surface area contributed by atoms with Crippen LogP contribution in [0.4, 0.5) is 22.7 Å². The Balaban J connectivity index is 1.28. The van der Waals surface area contributed by atoms with E-state index in [1.807, 2.05) is 91.0 Å². The number of rotatable bonds is 5. The van der Waals surface area contributed by atoms with Crippen LogP contribution in [0.2, 0.25) is 0 Å². The molecule has 0 fully saturated rings. The third kappa shape index (κ3) is 5.79. The first-order valence-corrected chi connectivity index (χ1v) is 19.4. The number of nitrogens with zero attached hydrogens (tertiary/aromatic N) is 8. The van der Waals surface area contributed by atoms with E-state index in [1.165, 1.54) is 0 Å². The molecule has 0 aliphatic heterocycles. The maximum absolute atomic E-state index is 11.5. The first kappa shape index (κ1) is 36.6. The smallest absolute Gasteiger partial charge is 0.189 e. The van der Waals surface area contributed by atoms with Crippen molar-refractivity contribution in [2.24, 2.45) is 0 Å². The lowest BCUT2D eigenvalue weighted by Gasteiger charge is -2.20. The fourth-order valence-electron chi connectivity index (χ4n) is 8.69. The number of para-hydroxylation sites is 2. The van der Waals surface area contributed by atoms with Crippen LogP contribution < -0.4 is 0 Å². The van der Waals surface area contributed by atoms with Crippen molar-refractivity contribution in [3.63, 3.8) is 0 Å². The van der Waals surface area contributed by atoms with Gasteiger partial charge in [0, 0.05) is 32.7 Å². The Labute approximate surface area is 356 Å². The maximum atomic E-state index is 11.5. The van der Waals surface area contributed by atoms with E-state index in [9.17, 15) is 10.5 Å². The van der Waals surface area contributed by atoms with Gasteiger partial charge in [-0.05, 0) is 94.5 Å². The quantitative estimate of drug-likeness (QED) is 0.163. The second-order valence-corrected chi connectivity index (χ2v) is 14.8. The highest BCUT2D eigenvalue weighted by Gasteiger charge is 2.25. The minimum Gasteiger partial charge on any atom is -0.308 e. The average Bonchev–Trinajstić information content (AvgIpc) is 3.84. The Hall–Kier alpha value is -9.70. The van der Waals surface area contributed by atoms with Gasteiger partial charge in [0.25, 0.3) is 0 Å². The van der Waals surface area contributed by atoms with E-state index >= 15 is 0 Å². The van der Waals surface area contributed by atoms with Crippen molar-refractivity contribution >= 4 is 66.4 Å². The Bertz CT molecular complexity index is 3770. The molecule has 0 saturated heterocycles. The second kappa shape index (κ2) is 14.6. The molecule has 0 spiro atoms. The van der Waals surface area contributed by atoms with E-state index < -0.39 is 0 Å². The predicted molar refractivity (Wildman–Crippen MR) is 246 cm³/mol. The van der Waals surface area contributed by atoms with Crippen LogP contribution in [0.15, 0.2) is 158 Å². The van der Waals surface area contributed by atoms with Crippen molar-refractivity contribution in [2.45, 2.75) is 0 Å². The summed E-state index contributed by atoms with van der Waals surface area (Å²) in [5.74, 6) is 0. The molecule has 0 saturated carbocycles. The highest BCUT2D eigenvalue weighted by Crippen LogP contribution is 2.44. The zero-order valence-electron chi connectivity index (χ0n) is 32.6. The van der Waals surface area contributed by atoms with Crippen LogP contribution in [0, 0.1) is 49.0 Å². The number of hydrogen-bond donors (Lipinski definition) is 0. The Morgan fingerprint density at radius 2 is 0.919 bits per heavy atom. The van der Waals surface area contributed by atoms with Crippen LogP contribution in [0.3, 0.4) is 0 Å². The van der Waals surface area contributed by atoms with Crippen molar-refractivity contribution in [3.05, 3.63) is 215 Å². The first-order valence-electron chi connectivity index (χ1n) is 19.4. The summed E-state index contributed by atoms with van der Waals surface area (Å²) >= 11 is 0. The summed E-state index contributed by atoms with van der Waals surface area (Å²) in [5, 5.41) is 25.0. The number of aromatic nitrogens is 2. The number of benzene rings is 8. The lowest BCUT2D eigenvalue weighted by Crippen LogP contribution is -2.06.